The molecule has 104 valence electrons. The van der Waals surface area contributed by atoms with Gasteiger partial charge in [0.05, 0.1) is 5.69 Å². The molecule has 1 fully saturated rings. The lowest BCUT2D eigenvalue weighted by Gasteiger charge is -2.08. The van der Waals surface area contributed by atoms with Gasteiger partial charge in [0.2, 0.25) is 0 Å². The highest BCUT2D eigenvalue weighted by Gasteiger charge is 2.34. The summed E-state index contributed by atoms with van der Waals surface area (Å²) in [4.78, 5) is 11.1. The molecule has 0 saturated heterocycles. The topological polar surface area (TPSA) is 68.0 Å². The molecule has 0 atom stereocenters. The normalized spacial score (nSPS) is 14.6. The van der Waals surface area contributed by atoms with Crippen LogP contribution in [0.4, 0.5) is 8.78 Å². The molecule has 0 spiro atoms. The van der Waals surface area contributed by atoms with Gasteiger partial charge in [-0.05, 0) is 31.4 Å². The van der Waals surface area contributed by atoms with E-state index < -0.39 is 17.6 Å². The second-order valence-corrected chi connectivity index (χ2v) is 4.87. The SMILES string of the molecule is Cc1cc(F)c(-n2nnc(C(=O)O)c2C2CC2)cc1F. The van der Waals surface area contributed by atoms with Crippen LogP contribution in [0.15, 0.2) is 12.1 Å². The summed E-state index contributed by atoms with van der Waals surface area (Å²) in [5, 5.41) is 16.3. The second-order valence-electron chi connectivity index (χ2n) is 4.87. The van der Waals surface area contributed by atoms with Gasteiger partial charge < -0.3 is 5.11 Å². The van der Waals surface area contributed by atoms with E-state index in [0.29, 0.717) is 5.69 Å². The van der Waals surface area contributed by atoms with Gasteiger partial charge in [-0.2, -0.15) is 0 Å². The lowest BCUT2D eigenvalue weighted by molar-refractivity contribution is 0.0689. The summed E-state index contributed by atoms with van der Waals surface area (Å²) in [7, 11) is 0. The van der Waals surface area contributed by atoms with Crippen LogP contribution in [0.3, 0.4) is 0 Å². The number of carboxylic acid groups (broad SMARTS) is 1. The smallest absolute Gasteiger partial charge is 0.358 e. The van der Waals surface area contributed by atoms with Crippen LogP contribution in [-0.4, -0.2) is 26.1 Å². The number of carboxylic acids is 1. The Labute approximate surface area is 112 Å². The van der Waals surface area contributed by atoms with Crippen LogP contribution in [0.25, 0.3) is 5.69 Å². The fourth-order valence-electron chi connectivity index (χ4n) is 2.14. The van der Waals surface area contributed by atoms with E-state index in [9.17, 15) is 13.6 Å². The predicted molar refractivity (Wildman–Crippen MR) is 64.9 cm³/mol. The number of aromatic carboxylic acids is 1. The molecular weight excluding hydrogens is 268 g/mol. The number of halogens is 2. The molecule has 1 aromatic carbocycles. The first-order valence-electron chi connectivity index (χ1n) is 6.14. The zero-order valence-corrected chi connectivity index (χ0v) is 10.6. The fraction of sp³-hybridized carbons (Fsp3) is 0.308. The zero-order chi connectivity index (χ0) is 14.4. The minimum Gasteiger partial charge on any atom is -0.476 e. The average molecular weight is 279 g/mol. The maximum atomic E-state index is 14.0. The maximum absolute atomic E-state index is 14.0. The number of rotatable bonds is 3. The van der Waals surface area contributed by atoms with Gasteiger partial charge in [0.15, 0.2) is 5.69 Å². The van der Waals surface area contributed by atoms with Gasteiger partial charge in [-0.1, -0.05) is 5.21 Å². The predicted octanol–water partition coefficient (Wildman–Crippen LogP) is 2.43. The Balaban J connectivity index is 2.20. The van der Waals surface area contributed by atoms with E-state index in [0.717, 1.165) is 29.7 Å². The van der Waals surface area contributed by atoms with Crippen molar-refractivity contribution in [2.75, 3.05) is 0 Å². The first-order valence-corrected chi connectivity index (χ1v) is 6.14. The summed E-state index contributed by atoms with van der Waals surface area (Å²) < 4.78 is 28.7. The van der Waals surface area contributed by atoms with E-state index in [-0.39, 0.29) is 22.9 Å². The molecule has 0 amide bonds. The van der Waals surface area contributed by atoms with E-state index in [1.165, 1.54) is 6.92 Å². The van der Waals surface area contributed by atoms with Crippen molar-refractivity contribution in [2.45, 2.75) is 25.7 Å². The van der Waals surface area contributed by atoms with Gasteiger partial charge >= 0.3 is 5.97 Å². The number of aryl methyl sites for hydroxylation is 1. The van der Waals surface area contributed by atoms with Crippen LogP contribution in [0, 0.1) is 18.6 Å². The van der Waals surface area contributed by atoms with Crippen molar-refractivity contribution in [2.24, 2.45) is 0 Å². The Morgan fingerprint density at radius 1 is 1.35 bits per heavy atom. The number of aromatic nitrogens is 3. The van der Waals surface area contributed by atoms with Crippen molar-refractivity contribution < 1.29 is 18.7 Å². The van der Waals surface area contributed by atoms with Crippen LogP contribution in [0.5, 0.6) is 0 Å². The highest BCUT2D eigenvalue weighted by molar-refractivity contribution is 5.87. The number of nitrogens with zero attached hydrogens (tertiary/aromatic N) is 3. The number of hydrogen-bond donors (Lipinski definition) is 1. The molecule has 0 aliphatic heterocycles. The van der Waals surface area contributed by atoms with Crippen LogP contribution >= 0.6 is 0 Å². The summed E-state index contributed by atoms with van der Waals surface area (Å²) in [6.07, 6.45) is 1.59. The van der Waals surface area contributed by atoms with Crippen LogP contribution in [0.2, 0.25) is 0 Å². The standard InChI is InChI=1S/C13H11F2N3O2/c1-6-4-9(15)10(5-8(6)14)18-12(7-2-3-7)11(13(19)20)16-17-18/h4-5,7H,2-3H2,1H3,(H,19,20). The van der Waals surface area contributed by atoms with Gasteiger partial charge in [0.1, 0.15) is 17.3 Å². The molecule has 20 heavy (non-hydrogen) atoms. The zero-order valence-electron chi connectivity index (χ0n) is 10.6. The minimum atomic E-state index is -1.22. The van der Waals surface area contributed by atoms with Crippen molar-refractivity contribution in [1.82, 2.24) is 15.0 Å². The molecule has 1 aliphatic rings. The maximum Gasteiger partial charge on any atom is 0.358 e. The molecule has 0 radical (unpaired) electrons. The highest BCUT2D eigenvalue weighted by Crippen LogP contribution is 2.42. The largest absolute Gasteiger partial charge is 0.476 e. The van der Waals surface area contributed by atoms with Gasteiger partial charge in [0.25, 0.3) is 0 Å². The molecule has 1 aromatic heterocycles. The number of hydrogen-bond acceptors (Lipinski definition) is 3. The highest BCUT2D eigenvalue weighted by atomic mass is 19.1. The molecule has 1 N–H and O–H groups in total. The fourth-order valence-corrected chi connectivity index (χ4v) is 2.14. The molecule has 7 heteroatoms. The van der Waals surface area contributed by atoms with Crippen molar-refractivity contribution >= 4 is 5.97 Å². The Hall–Kier alpha value is -2.31. The molecule has 0 unspecified atom stereocenters. The summed E-state index contributed by atoms with van der Waals surface area (Å²) in [6, 6.07) is 2.07. The summed E-state index contributed by atoms with van der Waals surface area (Å²) in [5.41, 5.74) is 0.195. The van der Waals surface area contributed by atoms with Crippen molar-refractivity contribution in [3.63, 3.8) is 0 Å². The van der Waals surface area contributed by atoms with Gasteiger partial charge in [0, 0.05) is 12.0 Å². The first-order chi connectivity index (χ1) is 9.49. The number of benzene rings is 1. The third kappa shape index (κ3) is 1.95. The van der Waals surface area contributed by atoms with Gasteiger partial charge in [-0.25, -0.2) is 18.3 Å². The third-order valence-electron chi connectivity index (χ3n) is 3.33. The third-order valence-corrected chi connectivity index (χ3v) is 3.33. The lowest BCUT2D eigenvalue weighted by atomic mass is 10.1. The number of carbonyl (C=O) groups is 1. The van der Waals surface area contributed by atoms with E-state index in [1.54, 1.807) is 0 Å². The molecule has 1 saturated carbocycles. The Morgan fingerprint density at radius 2 is 2.05 bits per heavy atom. The Bertz CT molecular complexity index is 708. The average Bonchev–Trinajstić information content (AvgIpc) is 3.12. The van der Waals surface area contributed by atoms with E-state index in [4.69, 9.17) is 5.11 Å². The van der Waals surface area contributed by atoms with Gasteiger partial charge in [-0.3, -0.25) is 0 Å². The molecule has 0 bridgehead atoms. The van der Waals surface area contributed by atoms with Gasteiger partial charge in [-0.15, -0.1) is 5.10 Å². The summed E-state index contributed by atoms with van der Waals surface area (Å²) >= 11 is 0. The molecule has 1 heterocycles. The van der Waals surface area contributed by atoms with E-state index >= 15 is 0 Å². The van der Waals surface area contributed by atoms with E-state index in [2.05, 4.69) is 10.3 Å². The minimum absolute atomic E-state index is 0.0140. The molecule has 3 rings (SSSR count). The monoisotopic (exact) mass is 279 g/mol. The van der Waals surface area contributed by atoms with Crippen LogP contribution < -0.4 is 0 Å². The summed E-state index contributed by atoms with van der Waals surface area (Å²) in [5.74, 6) is -2.46. The molecular formula is C13H11F2N3O2. The van der Waals surface area contributed by atoms with E-state index in [1.807, 2.05) is 0 Å². The second kappa shape index (κ2) is 4.36. The molecule has 2 aromatic rings. The van der Waals surface area contributed by atoms with Crippen molar-refractivity contribution in [1.29, 1.82) is 0 Å². The first kappa shape index (κ1) is 12.7. The quantitative estimate of drug-likeness (QED) is 0.937. The molecule has 5 nitrogen and oxygen atoms in total. The van der Waals surface area contributed by atoms with Crippen LogP contribution in [-0.2, 0) is 0 Å². The Kier molecular flexibility index (Phi) is 2.77. The summed E-state index contributed by atoms with van der Waals surface area (Å²) in [6.45, 7) is 1.45. The lowest BCUT2D eigenvalue weighted by Crippen LogP contribution is -2.08. The Morgan fingerprint density at radius 3 is 2.65 bits per heavy atom. The van der Waals surface area contributed by atoms with Crippen molar-refractivity contribution in [3.05, 3.63) is 40.7 Å². The van der Waals surface area contributed by atoms with Crippen molar-refractivity contribution in [3.8, 4) is 5.69 Å². The van der Waals surface area contributed by atoms with Crippen LogP contribution in [0.1, 0.15) is 40.5 Å². The molecule has 1 aliphatic carbocycles.